The number of hydrogen-bond donors (Lipinski definition) is 2. The number of anilines is 1. The molecule has 0 bridgehead atoms. The first-order valence-electron chi connectivity index (χ1n) is 9.85. The van der Waals surface area contributed by atoms with Crippen LogP contribution < -0.4 is 14.9 Å². The highest BCUT2D eigenvalue weighted by molar-refractivity contribution is 7.07. The van der Waals surface area contributed by atoms with E-state index in [1.54, 1.807) is 18.2 Å². The molecule has 0 saturated carbocycles. The molecule has 8 heteroatoms. The van der Waals surface area contributed by atoms with E-state index in [1.807, 2.05) is 47.3 Å². The van der Waals surface area contributed by atoms with E-state index in [9.17, 15) is 9.90 Å². The number of nitrogens with zero attached hydrogens (tertiary/aromatic N) is 3. The zero-order chi connectivity index (χ0) is 21.8. The van der Waals surface area contributed by atoms with Gasteiger partial charge in [-0.25, -0.2) is 4.68 Å². The van der Waals surface area contributed by atoms with Crippen molar-refractivity contribution in [3.8, 4) is 22.8 Å². The van der Waals surface area contributed by atoms with Crippen LogP contribution in [0.3, 0.4) is 0 Å². The van der Waals surface area contributed by atoms with Crippen LogP contribution in [0.5, 0.6) is 11.5 Å². The summed E-state index contributed by atoms with van der Waals surface area (Å²) in [4.78, 5) is 17.0. The Labute approximate surface area is 183 Å². The van der Waals surface area contributed by atoms with Crippen molar-refractivity contribution >= 4 is 28.6 Å². The molecule has 3 aromatic rings. The third-order valence-corrected chi connectivity index (χ3v) is 5.56. The molecule has 2 N–H and O–H groups in total. The predicted octanol–water partition coefficient (Wildman–Crippen LogP) is 4.00. The Morgan fingerprint density at radius 1 is 1.32 bits per heavy atom. The van der Waals surface area contributed by atoms with Crippen molar-refractivity contribution in [2.75, 3.05) is 18.5 Å². The Morgan fingerprint density at radius 2 is 2.13 bits per heavy atom. The fourth-order valence-electron chi connectivity index (χ4n) is 3.19. The van der Waals surface area contributed by atoms with Gasteiger partial charge in [0.1, 0.15) is 11.5 Å². The second-order valence-electron chi connectivity index (χ2n) is 6.84. The van der Waals surface area contributed by atoms with E-state index >= 15 is 0 Å². The van der Waals surface area contributed by atoms with Gasteiger partial charge in [-0.15, -0.1) is 17.9 Å². The Bertz CT molecular complexity index is 1220. The van der Waals surface area contributed by atoms with E-state index in [4.69, 9.17) is 9.84 Å². The molecule has 1 aromatic heterocycles. The summed E-state index contributed by atoms with van der Waals surface area (Å²) < 4.78 is 7.28. The van der Waals surface area contributed by atoms with Crippen molar-refractivity contribution in [1.29, 1.82) is 0 Å². The lowest BCUT2D eigenvalue weighted by Gasteiger charge is -2.18. The highest BCUT2D eigenvalue weighted by Gasteiger charge is 2.18. The summed E-state index contributed by atoms with van der Waals surface area (Å²) in [5, 5.41) is 19.4. The van der Waals surface area contributed by atoms with Gasteiger partial charge in [-0.05, 0) is 54.4 Å². The van der Waals surface area contributed by atoms with Crippen molar-refractivity contribution in [1.82, 2.24) is 4.68 Å². The molecule has 0 saturated heterocycles. The molecule has 0 fully saturated rings. The second kappa shape index (κ2) is 9.01. The monoisotopic (exact) mass is 434 g/mol. The molecule has 2 aromatic carbocycles. The first-order valence-corrected chi connectivity index (χ1v) is 10.7. The average Bonchev–Trinajstić information content (AvgIpc) is 3.18. The minimum absolute atomic E-state index is 0.0200. The first-order chi connectivity index (χ1) is 15.1. The lowest BCUT2D eigenvalue weighted by Crippen LogP contribution is -2.25. The Hall–Kier alpha value is -3.65. The molecule has 31 heavy (non-hydrogen) atoms. The second-order valence-corrected chi connectivity index (χ2v) is 7.68. The molecule has 7 nitrogen and oxygen atoms in total. The Morgan fingerprint density at radius 3 is 2.87 bits per heavy atom. The molecule has 0 spiro atoms. The number of carbonyl (C=O) groups excluding carboxylic acids is 1. The quantitative estimate of drug-likeness (QED) is 0.454. The number of nitrogens with one attached hydrogen (secondary N) is 1. The molecular formula is C23H22N4O3S. The fraction of sp³-hybridized carbons (Fsp3) is 0.174. The third-order valence-electron chi connectivity index (χ3n) is 4.71. The normalized spacial score (nSPS) is 14.0. The zero-order valence-electron chi connectivity index (χ0n) is 17.0. The van der Waals surface area contributed by atoms with Crippen LogP contribution in [0.4, 0.5) is 5.69 Å². The maximum Gasteiger partial charge on any atom is 0.262 e. The van der Waals surface area contributed by atoms with E-state index in [1.165, 1.54) is 11.3 Å². The summed E-state index contributed by atoms with van der Waals surface area (Å²) in [5.74, 6) is 0.676. The number of fused-ring (bicyclic) bond motifs is 1. The largest absolute Gasteiger partial charge is 0.508 e. The Balaban J connectivity index is 1.84. The molecule has 1 amide bonds. The maximum atomic E-state index is 11.7. The van der Waals surface area contributed by atoms with Crippen molar-refractivity contribution in [2.45, 2.75) is 13.3 Å². The summed E-state index contributed by atoms with van der Waals surface area (Å²) in [7, 11) is 0. The molecule has 0 unspecified atom stereocenters. The molecule has 4 rings (SSSR count). The molecular weight excluding hydrogens is 412 g/mol. The molecule has 1 aliphatic rings. The molecule has 1 aliphatic heterocycles. The van der Waals surface area contributed by atoms with Gasteiger partial charge in [-0.1, -0.05) is 13.0 Å². The predicted molar refractivity (Wildman–Crippen MR) is 123 cm³/mol. The number of ether oxygens (including phenoxy) is 1. The van der Waals surface area contributed by atoms with Crippen LogP contribution >= 0.6 is 11.3 Å². The number of amides is 1. The number of hydrogen-bond acceptors (Lipinski definition) is 6. The van der Waals surface area contributed by atoms with Crippen LogP contribution in [0.15, 0.2) is 70.6 Å². The summed E-state index contributed by atoms with van der Waals surface area (Å²) >= 11 is 1.48. The number of benzene rings is 2. The van der Waals surface area contributed by atoms with Gasteiger partial charge in [0.2, 0.25) is 4.80 Å². The third kappa shape index (κ3) is 4.44. The van der Waals surface area contributed by atoms with Gasteiger partial charge in [0.15, 0.2) is 6.61 Å². The number of phenols is 1. The summed E-state index contributed by atoms with van der Waals surface area (Å²) in [6.45, 7) is 6.28. The first kappa shape index (κ1) is 20.6. The molecule has 0 atom stereocenters. The van der Waals surface area contributed by atoms with Crippen LogP contribution in [0.2, 0.25) is 0 Å². The van der Waals surface area contributed by atoms with Gasteiger partial charge in [0.25, 0.3) is 5.91 Å². The number of thiazole rings is 1. The highest BCUT2D eigenvalue weighted by Crippen LogP contribution is 2.33. The van der Waals surface area contributed by atoms with Gasteiger partial charge >= 0.3 is 0 Å². The van der Waals surface area contributed by atoms with E-state index in [0.717, 1.165) is 27.3 Å². The summed E-state index contributed by atoms with van der Waals surface area (Å²) in [6.07, 6.45) is 2.43. The molecule has 0 radical (unpaired) electrons. The van der Waals surface area contributed by atoms with Crippen LogP contribution in [0, 0.1) is 0 Å². The van der Waals surface area contributed by atoms with Gasteiger partial charge < -0.3 is 15.2 Å². The van der Waals surface area contributed by atoms with Crippen molar-refractivity contribution in [3.63, 3.8) is 0 Å². The number of aromatic nitrogens is 1. The van der Waals surface area contributed by atoms with E-state index in [0.29, 0.717) is 24.4 Å². The number of phenolic OH excluding ortho intramolecular Hbond substituents is 1. The van der Waals surface area contributed by atoms with Crippen LogP contribution in [0.25, 0.3) is 11.3 Å². The minimum atomic E-state index is -0.178. The standard InChI is InChI=1S/C23H22N4O3S/c1-3-11-24-23-27(26-18(4-2)15-5-8-17(28)9-6-15)20(14-31-23)16-7-10-21-19(12-16)25-22(29)13-30-21/h3,5-10,12,14,28H,1,4,11,13H2,2H3,(H,25,29). The number of rotatable bonds is 6. The van der Waals surface area contributed by atoms with E-state index < -0.39 is 0 Å². The van der Waals surface area contributed by atoms with Crippen molar-refractivity contribution in [3.05, 3.63) is 70.9 Å². The van der Waals surface area contributed by atoms with E-state index in [-0.39, 0.29) is 18.3 Å². The van der Waals surface area contributed by atoms with Gasteiger partial charge in [-0.3, -0.25) is 9.79 Å². The van der Waals surface area contributed by atoms with E-state index in [2.05, 4.69) is 16.9 Å². The highest BCUT2D eigenvalue weighted by atomic mass is 32.1. The van der Waals surface area contributed by atoms with Crippen molar-refractivity contribution < 1.29 is 14.6 Å². The average molecular weight is 435 g/mol. The number of carbonyl (C=O) groups is 1. The SMILES string of the molecule is C=CCN=c1scc(-c2ccc3c(c2)NC(=O)CO3)n1N=C(CC)c1ccc(O)cc1. The van der Waals surface area contributed by atoms with Crippen molar-refractivity contribution in [2.24, 2.45) is 10.1 Å². The molecule has 2 heterocycles. The maximum absolute atomic E-state index is 11.7. The van der Waals surface area contributed by atoms with Gasteiger partial charge in [0, 0.05) is 10.9 Å². The summed E-state index contributed by atoms with van der Waals surface area (Å²) in [6, 6.07) is 12.6. The lowest BCUT2D eigenvalue weighted by atomic mass is 10.1. The van der Waals surface area contributed by atoms with Gasteiger partial charge in [-0.2, -0.15) is 5.10 Å². The van der Waals surface area contributed by atoms with Crippen LogP contribution in [0.1, 0.15) is 18.9 Å². The number of aromatic hydroxyl groups is 1. The van der Waals surface area contributed by atoms with Crippen LogP contribution in [-0.2, 0) is 4.79 Å². The minimum Gasteiger partial charge on any atom is -0.508 e. The van der Waals surface area contributed by atoms with Gasteiger partial charge in [0.05, 0.1) is 23.6 Å². The fourth-order valence-corrected chi connectivity index (χ4v) is 4.04. The smallest absolute Gasteiger partial charge is 0.262 e. The zero-order valence-corrected chi connectivity index (χ0v) is 17.9. The molecule has 0 aliphatic carbocycles. The van der Waals surface area contributed by atoms with Crippen LogP contribution in [-0.4, -0.2) is 34.6 Å². The Kier molecular flexibility index (Phi) is 5.99. The summed E-state index contributed by atoms with van der Waals surface area (Å²) in [5.41, 5.74) is 4.14. The molecule has 158 valence electrons. The lowest BCUT2D eigenvalue weighted by molar-refractivity contribution is -0.118. The topological polar surface area (TPSA) is 88.2 Å².